The Morgan fingerprint density at radius 3 is 2.38 bits per heavy atom. The maximum absolute atomic E-state index is 13.2. The van der Waals surface area contributed by atoms with E-state index in [0.29, 0.717) is 26.2 Å². The molecule has 6 heteroatoms. The van der Waals surface area contributed by atoms with Crippen LogP contribution < -0.4 is 9.47 Å². The van der Waals surface area contributed by atoms with Gasteiger partial charge < -0.3 is 14.6 Å². The first-order valence-electron chi connectivity index (χ1n) is 6.03. The van der Waals surface area contributed by atoms with Crippen molar-refractivity contribution in [1.82, 2.24) is 0 Å². The van der Waals surface area contributed by atoms with Gasteiger partial charge in [-0.15, -0.1) is 0 Å². The lowest BCUT2D eigenvalue weighted by Crippen LogP contribution is -2.05. The number of halogens is 3. The van der Waals surface area contributed by atoms with Crippen molar-refractivity contribution in [3.8, 4) is 11.5 Å². The van der Waals surface area contributed by atoms with Crippen molar-refractivity contribution in [1.29, 1.82) is 0 Å². The third-order valence-electron chi connectivity index (χ3n) is 3.07. The maximum Gasteiger partial charge on any atom is 0.147 e. The summed E-state index contributed by atoms with van der Waals surface area (Å²) >= 11 is 8.16. The van der Waals surface area contributed by atoms with E-state index in [1.54, 1.807) is 18.2 Å². The van der Waals surface area contributed by atoms with Gasteiger partial charge in [0, 0.05) is 9.13 Å². The molecule has 0 aliphatic heterocycles. The lowest BCUT2D eigenvalue weighted by molar-refractivity contribution is 0.213. The normalized spacial score (nSPS) is 12.1. The fraction of sp³-hybridized carbons (Fsp3) is 0.200. The fourth-order valence-corrected chi connectivity index (χ4v) is 3.12. The molecule has 0 bridgehead atoms. The van der Waals surface area contributed by atoms with Gasteiger partial charge in [-0.2, -0.15) is 0 Å². The molecule has 112 valence electrons. The summed E-state index contributed by atoms with van der Waals surface area (Å²) in [6.45, 7) is 0. The van der Waals surface area contributed by atoms with Crippen molar-refractivity contribution in [2.24, 2.45) is 0 Å². The van der Waals surface area contributed by atoms with Gasteiger partial charge in [-0.05, 0) is 52.4 Å². The first-order chi connectivity index (χ1) is 9.99. The third kappa shape index (κ3) is 3.25. The lowest BCUT2D eigenvalue weighted by Gasteiger charge is -2.18. The molecule has 0 heterocycles. The fourth-order valence-electron chi connectivity index (χ4n) is 2.02. The predicted molar refractivity (Wildman–Crippen MR) is 87.7 cm³/mol. The topological polar surface area (TPSA) is 38.7 Å². The molecule has 0 radical (unpaired) electrons. The monoisotopic (exact) mass is 422 g/mol. The Balaban J connectivity index is 2.52. The first-order valence-corrected chi connectivity index (χ1v) is 7.48. The van der Waals surface area contributed by atoms with Crippen LogP contribution in [0.5, 0.6) is 11.5 Å². The van der Waals surface area contributed by atoms with Crippen molar-refractivity contribution in [3.05, 3.63) is 55.9 Å². The van der Waals surface area contributed by atoms with E-state index in [9.17, 15) is 9.50 Å². The molecule has 0 aliphatic carbocycles. The van der Waals surface area contributed by atoms with Crippen molar-refractivity contribution in [2.45, 2.75) is 6.10 Å². The Morgan fingerprint density at radius 2 is 1.81 bits per heavy atom. The minimum Gasteiger partial charge on any atom is -0.495 e. The van der Waals surface area contributed by atoms with Crippen molar-refractivity contribution in [3.63, 3.8) is 0 Å². The summed E-state index contributed by atoms with van der Waals surface area (Å²) < 4.78 is 24.2. The molecule has 0 spiro atoms. The number of benzene rings is 2. The van der Waals surface area contributed by atoms with Gasteiger partial charge in [0.15, 0.2) is 0 Å². The van der Waals surface area contributed by atoms with Gasteiger partial charge in [-0.3, -0.25) is 0 Å². The molecule has 2 aromatic carbocycles. The van der Waals surface area contributed by atoms with Crippen LogP contribution in [0.1, 0.15) is 17.2 Å². The van der Waals surface area contributed by atoms with Crippen LogP contribution in [0.25, 0.3) is 0 Å². The van der Waals surface area contributed by atoms with Gasteiger partial charge in [-0.25, -0.2) is 4.39 Å². The van der Waals surface area contributed by atoms with Crippen LogP contribution in [0.4, 0.5) is 4.39 Å². The Labute approximate surface area is 140 Å². The summed E-state index contributed by atoms with van der Waals surface area (Å²) in [6.07, 6.45) is -0.976. The second-order valence-corrected chi connectivity index (χ2v) is 5.81. The van der Waals surface area contributed by atoms with Crippen LogP contribution in [0.2, 0.25) is 5.02 Å². The van der Waals surface area contributed by atoms with E-state index in [-0.39, 0.29) is 10.8 Å². The number of rotatable bonds is 4. The molecule has 21 heavy (non-hydrogen) atoms. The molecule has 2 rings (SSSR count). The number of hydrogen-bond donors (Lipinski definition) is 1. The van der Waals surface area contributed by atoms with Crippen LogP contribution in [0.3, 0.4) is 0 Å². The van der Waals surface area contributed by atoms with E-state index < -0.39 is 6.10 Å². The van der Waals surface area contributed by atoms with Crippen LogP contribution in [-0.4, -0.2) is 19.3 Å². The second kappa shape index (κ2) is 6.81. The summed E-state index contributed by atoms with van der Waals surface area (Å²) in [6, 6.07) is 7.53. The van der Waals surface area contributed by atoms with Gasteiger partial charge in [0.25, 0.3) is 0 Å². The standard InChI is InChI=1S/C15H13ClFIO3/c1-20-12-6-5-10(15(21-2)13(12)16)14(19)9-4-3-8(17)7-11(9)18/h3-7,14,19H,1-2H3. The van der Waals surface area contributed by atoms with E-state index >= 15 is 0 Å². The molecule has 3 nitrogen and oxygen atoms in total. The molecule has 1 unspecified atom stereocenters. The zero-order valence-electron chi connectivity index (χ0n) is 11.4. The average Bonchev–Trinajstić information content (AvgIpc) is 2.46. The molecule has 1 N–H and O–H groups in total. The summed E-state index contributed by atoms with van der Waals surface area (Å²) in [5, 5.41) is 10.8. The van der Waals surface area contributed by atoms with Crippen molar-refractivity contribution < 1.29 is 19.0 Å². The number of aliphatic hydroxyl groups is 1. The molecular weight excluding hydrogens is 410 g/mol. The van der Waals surface area contributed by atoms with Crippen molar-refractivity contribution >= 4 is 34.2 Å². The molecule has 0 aromatic heterocycles. The number of aliphatic hydroxyl groups excluding tert-OH is 1. The maximum atomic E-state index is 13.2. The molecule has 0 saturated heterocycles. The zero-order valence-corrected chi connectivity index (χ0v) is 14.3. The lowest BCUT2D eigenvalue weighted by atomic mass is 10.0. The van der Waals surface area contributed by atoms with Gasteiger partial charge >= 0.3 is 0 Å². The Hall–Kier alpha value is -1.05. The minimum absolute atomic E-state index is 0.286. The molecule has 2 aromatic rings. The highest BCUT2D eigenvalue weighted by atomic mass is 127. The number of hydrogen-bond acceptors (Lipinski definition) is 3. The number of ether oxygens (including phenoxy) is 2. The van der Waals surface area contributed by atoms with Gasteiger partial charge in [-0.1, -0.05) is 17.7 Å². The van der Waals surface area contributed by atoms with Crippen molar-refractivity contribution in [2.75, 3.05) is 14.2 Å². The SMILES string of the molecule is COc1ccc(C(O)c2ccc(F)cc2I)c(OC)c1Cl. The first kappa shape index (κ1) is 16.3. The largest absolute Gasteiger partial charge is 0.495 e. The molecule has 1 atom stereocenters. The van der Waals surface area contributed by atoms with E-state index in [0.717, 1.165) is 0 Å². The molecule has 0 fully saturated rings. The van der Waals surface area contributed by atoms with E-state index in [2.05, 4.69) is 0 Å². The van der Waals surface area contributed by atoms with Gasteiger partial charge in [0.2, 0.25) is 0 Å². The summed E-state index contributed by atoms with van der Waals surface area (Å²) in [5.41, 5.74) is 1.07. The van der Waals surface area contributed by atoms with E-state index in [1.165, 1.54) is 26.4 Å². The summed E-state index contributed by atoms with van der Waals surface area (Å²) in [7, 11) is 2.96. The molecular formula is C15H13ClFIO3. The molecule has 0 saturated carbocycles. The van der Waals surface area contributed by atoms with E-state index in [1.807, 2.05) is 22.6 Å². The highest BCUT2D eigenvalue weighted by molar-refractivity contribution is 14.1. The highest BCUT2D eigenvalue weighted by Gasteiger charge is 2.22. The van der Waals surface area contributed by atoms with Gasteiger partial charge in [0.05, 0.1) is 14.2 Å². The zero-order chi connectivity index (χ0) is 15.6. The summed E-state index contributed by atoms with van der Waals surface area (Å²) in [5.74, 6) is 0.442. The molecule has 0 aliphatic rings. The van der Waals surface area contributed by atoms with Crippen LogP contribution in [0.15, 0.2) is 30.3 Å². The summed E-state index contributed by atoms with van der Waals surface area (Å²) in [4.78, 5) is 0. The minimum atomic E-state index is -0.976. The predicted octanol–water partition coefficient (Wildman–Crippen LogP) is 4.18. The smallest absolute Gasteiger partial charge is 0.147 e. The molecule has 0 amide bonds. The third-order valence-corrected chi connectivity index (χ3v) is 4.36. The van der Waals surface area contributed by atoms with Gasteiger partial charge in [0.1, 0.15) is 28.4 Å². The highest BCUT2D eigenvalue weighted by Crippen LogP contribution is 2.41. The van der Waals surface area contributed by atoms with Crippen LogP contribution in [-0.2, 0) is 0 Å². The van der Waals surface area contributed by atoms with Crippen LogP contribution in [0, 0.1) is 9.39 Å². The quantitative estimate of drug-likeness (QED) is 0.751. The Kier molecular flexibility index (Phi) is 5.29. The van der Waals surface area contributed by atoms with E-state index in [4.69, 9.17) is 21.1 Å². The second-order valence-electron chi connectivity index (χ2n) is 4.27. The van der Waals surface area contributed by atoms with Crippen LogP contribution >= 0.6 is 34.2 Å². The Morgan fingerprint density at radius 1 is 1.14 bits per heavy atom. The average molecular weight is 423 g/mol. The Bertz CT molecular complexity index is 664. The number of methoxy groups -OCH3 is 2.